The first kappa shape index (κ1) is 28.8. The summed E-state index contributed by atoms with van der Waals surface area (Å²) in [6, 6.07) is 4.71. The minimum Gasteiger partial charge on any atom is -0.340 e. The summed E-state index contributed by atoms with van der Waals surface area (Å²) in [5.41, 5.74) is -5.22. The Balaban J connectivity index is 1.15. The summed E-state index contributed by atoms with van der Waals surface area (Å²) < 4.78 is 40.1. The normalized spacial score (nSPS) is 23.4. The molecule has 3 saturated heterocycles. The lowest BCUT2D eigenvalue weighted by molar-refractivity contribution is -0.148. The molecule has 3 aromatic rings. The second-order valence-corrected chi connectivity index (χ2v) is 13.7. The Hall–Kier alpha value is -3.32. The Bertz CT molecular complexity index is 1590. The molecule has 3 amide bonds. The molecule has 42 heavy (non-hydrogen) atoms. The third-order valence-electron chi connectivity index (χ3n) is 8.27. The average molecular weight is 620 g/mol. The lowest BCUT2D eigenvalue weighted by Gasteiger charge is -2.41. The summed E-state index contributed by atoms with van der Waals surface area (Å²) in [7, 11) is -5.74. The number of likely N-dealkylation sites (tertiary alicyclic amines) is 1. The molecule has 2 aromatic heterocycles. The van der Waals surface area contributed by atoms with Gasteiger partial charge in [0, 0.05) is 41.8 Å². The fourth-order valence-electron chi connectivity index (χ4n) is 6.03. The van der Waals surface area contributed by atoms with Crippen LogP contribution in [0.5, 0.6) is 0 Å². The molecule has 0 bridgehead atoms. The van der Waals surface area contributed by atoms with Gasteiger partial charge in [-0.05, 0) is 61.8 Å². The van der Waals surface area contributed by atoms with E-state index >= 15 is 0 Å². The molecule has 222 valence electrons. The van der Waals surface area contributed by atoms with Gasteiger partial charge in [-0.25, -0.2) is 9.97 Å². The highest BCUT2D eigenvalue weighted by Crippen LogP contribution is 2.59. The van der Waals surface area contributed by atoms with E-state index in [2.05, 4.69) is 15.3 Å². The summed E-state index contributed by atoms with van der Waals surface area (Å²) >= 11 is 1.02. The van der Waals surface area contributed by atoms with Crippen LogP contribution in [0.4, 0.5) is 8.78 Å². The number of carbonyl (C=O) groups excluding carboxylic acids is 3. The number of benzene rings is 1. The second-order valence-electron chi connectivity index (χ2n) is 10.9. The topological polar surface area (TPSA) is 153 Å². The fourth-order valence-corrected chi connectivity index (χ4v) is 7.45. The maximum absolute atomic E-state index is 14.2. The number of alkyl halides is 2. The standard InChI is InChI=1S/C27H28F2N5O6PS/c28-27(29,41(38,39)40)17-5-8-21-15(11-17)12-22(42-21)24(35)32-19-4-1-3-18-6-7-20(34(18)25(19)36)26(37)33-13-16(14-33)23-30-9-2-10-31-23/h2,5,8-12,16,18-20H,1,3-4,6-7,13-14H2,(H,32,35)(H2,38,39,40)/t18-,19-,20-/m0/s1. The molecular weight excluding hydrogens is 591 g/mol. The molecule has 6 rings (SSSR count). The number of thiophene rings is 1. The van der Waals surface area contributed by atoms with Gasteiger partial charge in [0.15, 0.2) is 0 Å². The van der Waals surface area contributed by atoms with Crippen molar-refractivity contribution in [3.63, 3.8) is 0 Å². The minimum absolute atomic E-state index is 0.0552. The first-order chi connectivity index (χ1) is 19.9. The quantitative estimate of drug-likeness (QED) is 0.356. The molecule has 3 fully saturated rings. The number of aromatic nitrogens is 2. The van der Waals surface area contributed by atoms with E-state index in [1.54, 1.807) is 28.3 Å². The van der Waals surface area contributed by atoms with E-state index in [-0.39, 0.29) is 34.0 Å². The Kier molecular flexibility index (Phi) is 7.37. The van der Waals surface area contributed by atoms with Crippen molar-refractivity contribution >= 4 is 46.7 Å². The number of amides is 3. The van der Waals surface area contributed by atoms with E-state index in [1.165, 1.54) is 12.1 Å². The number of nitrogens with one attached hydrogen (secondary N) is 1. The summed E-state index contributed by atoms with van der Waals surface area (Å²) in [5, 5.41) is 3.00. The average Bonchev–Trinajstić information content (AvgIpc) is 3.52. The van der Waals surface area contributed by atoms with Crippen LogP contribution in [-0.2, 0) is 19.8 Å². The third kappa shape index (κ3) is 5.10. The van der Waals surface area contributed by atoms with Crippen molar-refractivity contribution in [3.05, 3.63) is 59.0 Å². The highest BCUT2D eigenvalue weighted by atomic mass is 32.1. The van der Waals surface area contributed by atoms with Crippen LogP contribution >= 0.6 is 18.9 Å². The molecule has 0 radical (unpaired) electrons. The number of rotatable bonds is 6. The van der Waals surface area contributed by atoms with E-state index in [0.29, 0.717) is 49.3 Å². The number of hydrogen-bond acceptors (Lipinski definition) is 7. The van der Waals surface area contributed by atoms with Gasteiger partial charge < -0.3 is 24.9 Å². The summed E-state index contributed by atoms with van der Waals surface area (Å²) in [6.45, 7) is 0.972. The predicted octanol–water partition coefficient (Wildman–Crippen LogP) is 3.19. The maximum atomic E-state index is 14.2. The van der Waals surface area contributed by atoms with Crippen LogP contribution in [0.3, 0.4) is 0 Å². The zero-order chi connectivity index (χ0) is 29.8. The zero-order valence-electron chi connectivity index (χ0n) is 22.2. The van der Waals surface area contributed by atoms with Crippen molar-refractivity contribution in [1.29, 1.82) is 0 Å². The highest BCUT2D eigenvalue weighted by molar-refractivity contribution is 7.52. The molecule has 11 nitrogen and oxygen atoms in total. The van der Waals surface area contributed by atoms with E-state index < -0.39 is 36.8 Å². The smallest absolute Gasteiger partial charge is 0.340 e. The lowest BCUT2D eigenvalue weighted by atomic mass is 9.97. The highest BCUT2D eigenvalue weighted by Gasteiger charge is 2.51. The Morgan fingerprint density at radius 1 is 1.07 bits per heavy atom. The maximum Gasteiger partial charge on any atom is 0.399 e. The molecule has 0 saturated carbocycles. The molecule has 15 heteroatoms. The predicted molar refractivity (Wildman–Crippen MR) is 148 cm³/mol. The zero-order valence-corrected chi connectivity index (χ0v) is 23.9. The van der Waals surface area contributed by atoms with Crippen molar-refractivity contribution < 1.29 is 37.5 Å². The van der Waals surface area contributed by atoms with Gasteiger partial charge in [-0.3, -0.25) is 18.9 Å². The first-order valence-electron chi connectivity index (χ1n) is 13.6. The van der Waals surface area contributed by atoms with E-state index in [4.69, 9.17) is 9.79 Å². The largest absolute Gasteiger partial charge is 0.399 e. The molecule has 0 spiro atoms. The summed E-state index contributed by atoms with van der Waals surface area (Å²) in [4.78, 5) is 70.5. The molecule has 0 unspecified atom stereocenters. The van der Waals surface area contributed by atoms with Crippen LogP contribution in [0.2, 0.25) is 0 Å². The SMILES string of the molecule is O=C(N[C@H]1CCC[C@H]2CC[C@@H](C(=O)N3CC(c4ncccn4)C3)N2C1=O)c1cc2cc(C(F)(F)P(=O)(O)O)ccc2s1. The Morgan fingerprint density at radius 2 is 1.81 bits per heavy atom. The minimum atomic E-state index is -5.74. The van der Waals surface area contributed by atoms with Crippen LogP contribution in [0.1, 0.15) is 59.1 Å². The molecule has 3 aliphatic heterocycles. The number of nitrogens with zero attached hydrogens (tertiary/aromatic N) is 4. The van der Waals surface area contributed by atoms with E-state index in [9.17, 15) is 27.7 Å². The number of hydrogen-bond donors (Lipinski definition) is 3. The Morgan fingerprint density at radius 3 is 2.52 bits per heavy atom. The summed E-state index contributed by atoms with van der Waals surface area (Å²) in [5.74, 6) is -0.244. The van der Waals surface area contributed by atoms with E-state index in [0.717, 1.165) is 29.9 Å². The van der Waals surface area contributed by atoms with Crippen LogP contribution in [0, 0.1) is 0 Å². The van der Waals surface area contributed by atoms with E-state index in [1.807, 2.05) is 0 Å². The fraction of sp³-hybridized carbons (Fsp3) is 0.444. The van der Waals surface area contributed by atoms with Crippen LogP contribution < -0.4 is 5.32 Å². The molecule has 0 aliphatic carbocycles. The molecule has 5 heterocycles. The van der Waals surface area contributed by atoms with Crippen molar-refractivity contribution in [2.24, 2.45) is 0 Å². The van der Waals surface area contributed by atoms with Gasteiger partial charge in [0.2, 0.25) is 11.8 Å². The monoisotopic (exact) mass is 619 g/mol. The lowest BCUT2D eigenvalue weighted by Crippen LogP contribution is -2.58. The molecule has 3 N–H and O–H groups in total. The molecule has 3 atom stereocenters. The van der Waals surface area contributed by atoms with Crippen molar-refractivity contribution in [2.75, 3.05) is 13.1 Å². The third-order valence-corrected chi connectivity index (χ3v) is 10.4. The molecule has 1 aromatic carbocycles. The summed E-state index contributed by atoms with van der Waals surface area (Å²) in [6.07, 6.45) is 6.40. The van der Waals surface area contributed by atoms with Crippen molar-refractivity contribution in [1.82, 2.24) is 25.1 Å². The van der Waals surface area contributed by atoms with Gasteiger partial charge in [-0.2, -0.15) is 8.78 Å². The van der Waals surface area contributed by atoms with Gasteiger partial charge >= 0.3 is 13.3 Å². The number of carbonyl (C=O) groups is 3. The van der Waals surface area contributed by atoms with Gasteiger partial charge in [-0.1, -0.05) is 6.07 Å². The van der Waals surface area contributed by atoms with Gasteiger partial charge in [0.25, 0.3) is 5.91 Å². The number of halogens is 2. The Labute approximate surface area is 243 Å². The van der Waals surface area contributed by atoms with Gasteiger partial charge in [0.05, 0.1) is 10.8 Å². The van der Waals surface area contributed by atoms with Crippen LogP contribution in [0.15, 0.2) is 42.7 Å². The van der Waals surface area contributed by atoms with Crippen molar-refractivity contribution in [3.8, 4) is 0 Å². The van der Waals surface area contributed by atoms with Gasteiger partial charge in [-0.15, -0.1) is 11.3 Å². The van der Waals surface area contributed by atoms with Gasteiger partial charge in [0.1, 0.15) is 17.9 Å². The molecular formula is C27H28F2N5O6PS. The van der Waals surface area contributed by atoms with Crippen LogP contribution in [-0.4, -0.2) is 78.5 Å². The molecule has 3 aliphatic rings. The number of fused-ring (bicyclic) bond motifs is 2. The van der Waals surface area contributed by atoms with Crippen molar-refractivity contribution in [2.45, 2.75) is 61.8 Å². The van der Waals surface area contributed by atoms with Crippen LogP contribution in [0.25, 0.3) is 10.1 Å². The first-order valence-corrected chi connectivity index (χ1v) is 16.0. The second kappa shape index (κ2) is 10.7.